The average Bonchev–Trinajstić information content (AvgIpc) is 3.09. The molecule has 148 valence electrons. The molecule has 2 N–H and O–H groups in total. The molecule has 29 heavy (non-hydrogen) atoms. The van der Waals surface area contributed by atoms with Gasteiger partial charge in [-0.3, -0.25) is 19.7 Å². The van der Waals surface area contributed by atoms with Crippen molar-refractivity contribution < 1.29 is 9.59 Å². The third-order valence-corrected chi connectivity index (χ3v) is 5.49. The highest BCUT2D eigenvalue weighted by Gasteiger charge is 2.26. The van der Waals surface area contributed by atoms with Gasteiger partial charge in [0.1, 0.15) is 17.3 Å². The predicted molar refractivity (Wildman–Crippen MR) is 111 cm³/mol. The van der Waals surface area contributed by atoms with Crippen LogP contribution in [0.5, 0.6) is 0 Å². The highest BCUT2D eigenvalue weighted by molar-refractivity contribution is 5.92. The van der Waals surface area contributed by atoms with Crippen molar-refractivity contribution in [1.29, 1.82) is 0 Å². The fraction of sp³-hybridized carbons (Fsp3) is 0.318. The molecule has 0 saturated carbocycles. The molecular formula is C22H23N5O2. The van der Waals surface area contributed by atoms with Crippen molar-refractivity contribution in [3.05, 3.63) is 64.9 Å². The molecule has 4 heterocycles. The summed E-state index contributed by atoms with van der Waals surface area (Å²) in [6.07, 6.45) is 6.80. The monoisotopic (exact) mass is 389 g/mol. The van der Waals surface area contributed by atoms with Crippen LogP contribution in [0, 0.1) is 0 Å². The van der Waals surface area contributed by atoms with Crippen molar-refractivity contribution in [2.45, 2.75) is 25.8 Å². The van der Waals surface area contributed by atoms with E-state index >= 15 is 0 Å². The number of anilines is 1. The number of rotatable bonds is 4. The van der Waals surface area contributed by atoms with Crippen LogP contribution in [-0.4, -0.2) is 46.9 Å². The van der Waals surface area contributed by atoms with E-state index in [1.807, 2.05) is 25.1 Å². The van der Waals surface area contributed by atoms with Gasteiger partial charge in [-0.1, -0.05) is 19.1 Å². The van der Waals surface area contributed by atoms with Gasteiger partial charge in [-0.05, 0) is 35.3 Å². The third-order valence-electron chi connectivity index (χ3n) is 5.49. The Hall–Kier alpha value is -3.28. The van der Waals surface area contributed by atoms with E-state index in [4.69, 9.17) is 0 Å². The molecule has 0 bridgehead atoms. The molecule has 1 amide bonds. The molecule has 0 aliphatic carbocycles. The summed E-state index contributed by atoms with van der Waals surface area (Å²) in [5.74, 6) is 1.76. The van der Waals surface area contributed by atoms with Gasteiger partial charge >= 0.3 is 0 Å². The molecule has 0 fully saturated rings. The van der Waals surface area contributed by atoms with Crippen LogP contribution in [0.1, 0.15) is 46.6 Å². The fourth-order valence-corrected chi connectivity index (χ4v) is 3.78. The van der Waals surface area contributed by atoms with E-state index < -0.39 is 0 Å². The van der Waals surface area contributed by atoms with Gasteiger partial charge in [-0.25, -0.2) is 4.79 Å². The van der Waals surface area contributed by atoms with Crippen LogP contribution in [0.15, 0.2) is 42.4 Å². The Morgan fingerprint density at radius 1 is 1.34 bits per heavy atom. The van der Waals surface area contributed by atoms with Crippen molar-refractivity contribution in [1.82, 2.24) is 20.2 Å². The molecule has 0 radical (unpaired) electrons. The van der Waals surface area contributed by atoms with Gasteiger partial charge < -0.3 is 10.6 Å². The second-order valence-corrected chi connectivity index (χ2v) is 7.36. The molecule has 2 aromatic rings. The summed E-state index contributed by atoms with van der Waals surface area (Å²) in [7, 11) is 1.60. The minimum atomic E-state index is -0.178. The summed E-state index contributed by atoms with van der Waals surface area (Å²) in [5, 5.41) is 5.70. The highest BCUT2D eigenvalue weighted by Crippen LogP contribution is 2.35. The summed E-state index contributed by atoms with van der Waals surface area (Å²) in [6.45, 7) is 4.53. The van der Waals surface area contributed by atoms with Crippen LogP contribution in [-0.2, 0) is 11.3 Å². The number of nitrogens with zero attached hydrogens (tertiary/aromatic N) is 3. The molecule has 4 rings (SSSR count). The van der Waals surface area contributed by atoms with E-state index in [1.54, 1.807) is 19.3 Å². The summed E-state index contributed by atoms with van der Waals surface area (Å²) >= 11 is 0. The molecule has 0 saturated heterocycles. The van der Waals surface area contributed by atoms with Gasteiger partial charge in [0.05, 0.1) is 17.3 Å². The maximum Gasteiger partial charge on any atom is 0.269 e. The van der Waals surface area contributed by atoms with E-state index in [-0.39, 0.29) is 11.8 Å². The summed E-state index contributed by atoms with van der Waals surface area (Å²) in [6, 6.07) is 5.78. The number of hydrogen-bond acceptors (Lipinski definition) is 6. The lowest BCUT2D eigenvalue weighted by molar-refractivity contribution is 0.0958. The summed E-state index contributed by atoms with van der Waals surface area (Å²) < 4.78 is 0. The first-order chi connectivity index (χ1) is 14.1. The zero-order valence-electron chi connectivity index (χ0n) is 16.5. The lowest BCUT2D eigenvalue weighted by atomic mass is 10.0. The number of pyridine rings is 2. The van der Waals surface area contributed by atoms with Crippen LogP contribution in [0.25, 0.3) is 5.57 Å². The Morgan fingerprint density at radius 3 is 2.86 bits per heavy atom. The van der Waals surface area contributed by atoms with Gasteiger partial charge in [0.2, 0.25) is 0 Å². The largest absolute Gasteiger partial charge is 0.354 e. The molecule has 7 nitrogen and oxygen atoms in total. The maximum absolute atomic E-state index is 11.6. The fourth-order valence-electron chi connectivity index (χ4n) is 3.78. The average molecular weight is 389 g/mol. The quantitative estimate of drug-likeness (QED) is 0.781. The van der Waals surface area contributed by atoms with E-state index in [2.05, 4.69) is 37.6 Å². The Labute approximate surface area is 169 Å². The van der Waals surface area contributed by atoms with Crippen molar-refractivity contribution in [3.8, 4) is 0 Å². The van der Waals surface area contributed by atoms with Crippen LogP contribution in [0.2, 0.25) is 0 Å². The number of allylic oxidation sites excluding steroid dienone is 1. The normalized spacial score (nSPS) is 18.5. The van der Waals surface area contributed by atoms with E-state index in [0.717, 1.165) is 48.6 Å². The van der Waals surface area contributed by atoms with Crippen LogP contribution < -0.4 is 10.6 Å². The standard InChI is InChI=1S/C22H23N5O2/c1-14-20(13-28)26-19-9-15(10-25-21(14)19)12-27-7-5-16(6-8-27)17-3-4-18(24-11-17)22(29)23-2/h3-5,9-11,14,26H,6-8,12H2,1-2H3,(H,23,29)/t14-/m1/s1. The van der Waals surface area contributed by atoms with Crippen molar-refractivity contribution in [2.75, 3.05) is 25.5 Å². The maximum atomic E-state index is 11.6. The topological polar surface area (TPSA) is 87.2 Å². The second-order valence-electron chi connectivity index (χ2n) is 7.36. The molecule has 2 aliphatic heterocycles. The van der Waals surface area contributed by atoms with Crippen LogP contribution >= 0.6 is 0 Å². The zero-order chi connectivity index (χ0) is 20.4. The first-order valence-corrected chi connectivity index (χ1v) is 9.69. The Bertz CT molecular complexity index is 1020. The number of carbonyl (C=O) groups is 1. The number of fused-ring (bicyclic) bond motifs is 1. The number of nitrogens with one attached hydrogen (secondary N) is 2. The first-order valence-electron chi connectivity index (χ1n) is 9.69. The van der Waals surface area contributed by atoms with Gasteiger partial charge in [-0.15, -0.1) is 0 Å². The van der Waals surface area contributed by atoms with Crippen molar-refractivity contribution in [3.63, 3.8) is 0 Å². The molecule has 1 atom stereocenters. The molecule has 0 spiro atoms. The van der Waals surface area contributed by atoms with Crippen molar-refractivity contribution >= 4 is 23.1 Å². The Balaban J connectivity index is 1.41. The molecular weight excluding hydrogens is 366 g/mol. The lowest BCUT2D eigenvalue weighted by Crippen LogP contribution is -2.28. The number of hydrogen-bond donors (Lipinski definition) is 2. The van der Waals surface area contributed by atoms with E-state index in [0.29, 0.717) is 11.4 Å². The summed E-state index contributed by atoms with van der Waals surface area (Å²) in [5.41, 5.74) is 6.21. The molecule has 7 heteroatoms. The minimum absolute atomic E-state index is 0.0274. The van der Waals surface area contributed by atoms with E-state index in [9.17, 15) is 9.59 Å². The Morgan fingerprint density at radius 2 is 2.21 bits per heavy atom. The SMILES string of the molecule is CNC(=O)c1ccc(C2=CCN(Cc3cnc4c(c3)NC(=C=O)[C@H]4C)CC2)cn1. The first kappa shape index (κ1) is 19.1. The smallest absolute Gasteiger partial charge is 0.269 e. The number of aromatic nitrogens is 2. The summed E-state index contributed by atoms with van der Waals surface area (Å²) in [4.78, 5) is 33.8. The van der Waals surface area contributed by atoms with Gasteiger partial charge in [0.25, 0.3) is 5.91 Å². The van der Waals surface area contributed by atoms with Crippen LogP contribution in [0.4, 0.5) is 5.69 Å². The molecule has 0 aromatic carbocycles. The second kappa shape index (κ2) is 7.99. The molecule has 2 aromatic heterocycles. The molecule has 0 unspecified atom stereocenters. The highest BCUT2D eigenvalue weighted by atomic mass is 16.1. The van der Waals surface area contributed by atoms with Crippen LogP contribution in [0.3, 0.4) is 0 Å². The van der Waals surface area contributed by atoms with E-state index in [1.165, 1.54) is 5.57 Å². The van der Waals surface area contributed by atoms with Gasteiger partial charge in [0.15, 0.2) is 0 Å². The predicted octanol–water partition coefficient (Wildman–Crippen LogP) is 2.37. The van der Waals surface area contributed by atoms with Gasteiger partial charge in [0, 0.05) is 39.1 Å². The Kier molecular flexibility index (Phi) is 5.25. The van der Waals surface area contributed by atoms with Gasteiger partial charge in [-0.2, -0.15) is 0 Å². The zero-order valence-corrected chi connectivity index (χ0v) is 16.5. The molecule has 2 aliphatic rings. The number of carbonyl (C=O) groups excluding carboxylic acids is 2. The number of amides is 1. The lowest BCUT2D eigenvalue weighted by Gasteiger charge is -2.26. The third kappa shape index (κ3) is 3.83. The van der Waals surface area contributed by atoms with Crippen molar-refractivity contribution in [2.24, 2.45) is 0 Å². The minimum Gasteiger partial charge on any atom is -0.354 e.